The Morgan fingerprint density at radius 2 is 2.14 bits per heavy atom. The van der Waals surface area contributed by atoms with Crippen LogP contribution in [0.5, 0.6) is 0 Å². The van der Waals surface area contributed by atoms with Crippen LogP contribution in [0.1, 0.15) is 23.0 Å². The summed E-state index contributed by atoms with van der Waals surface area (Å²) in [7, 11) is 0. The lowest BCUT2D eigenvalue weighted by Gasteiger charge is -2.12. The first-order valence-corrected chi connectivity index (χ1v) is 4.48. The zero-order valence-corrected chi connectivity index (χ0v) is 8.07. The van der Waals surface area contributed by atoms with Crippen molar-refractivity contribution in [2.24, 2.45) is 0 Å². The summed E-state index contributed by atoms with van der Waals surface area (Å²) in [5, 5.41) is 0. The summed E-state index contributed by atoms with van der Waals surface area (Å²) in [5.74, 6) is -0.873. The fourth-order valence-electron chi connectivity index (χ4n) is 1.61. The van der Waals surface area contributed by atoms with Gasteiger partial charge in [-0.15, -0.1) is 0 Å². The monoisotopic (exact) mass is 190 g/mol. The van der Waals surface area contributed by atoms with Crippen molar-refractivity contribution in [2.45, 2.75) is 13.8 Å². The summed E-state index contributed by atoms with van der Waals surface area (Å²) < 4.78 is 0. The Balaban J connectivity index is 2.61. The van der Waals surface area contributed by atoms with E-state index < -0.39 is 11.7 Å². The van der Waals surface area contributed by atoms with Gasteiger partial charge in [-0.3, -0.25) is 14.6 Å². The minimum atomic E-state index is -0.449. The van der Waals surface area contributed by atoms with Crippen LogP contribution in [0.15, 0.2) is 12.3 Å². The molecule has 1 amide bonds. The zero-order chi connectivity index (χ0) is 10.3. The normalized spacial score (nSPS) is 14.9. The lowest BCUT2D eigenvalue weighted by molar-refractivity contribution is -0.114. The van der Waals surface area contributed by atoms with Gasteiger partial charge in [-0.05, 0) is 19.9 Å². The second kappa shape index (κ2) is 2.90. The molecule has 0 bridgehead atoms. The Morgan fingerprint density at radius 1 is 1.43 bits per heavy atom. The standard InChI is InChI=1S/C10H10N2O2/c1-3-12-8-5-11-6(2)4-7(8)9(13)10(12)14/h4-5H,3H2,1-2H3. The molecule has 0 N–H and O–H groups in total. The molecule has 0 atom stereocenters. The van der Waals surface area contributed by atoms with Gasteiger partial charge >= 0.3 is 0 Å². The van der Waals surface area contributed by atoms with Gasteiger partial charge in [0.25, 0.3) is 11.7 Å². The van der Waals surface area contributed by atoms with Crippen LogP contribution in [0.25, 0.3) is 0 Å². The Hall–Kier alpha value is -1.71. The molecule has 1 aliphatic rings. The average molecular weight is 190 g/mol. The molecule has 1 aliphatic heterocycles. The van der Waals surface area contributed by atoms with E-state index in [2.05, 4.69) is 4.98 Å². The minimum absolute atomic E-state index is 0.424. The van der Waals surface area contributed by atoms with Crippen LogP contribution in [0, 0.1) is 6.92 Å². The van der Waals surface area contributed by atoms with Crippen LogP contribution in [0.3, 0.4) is 0 Å². The van der Waals surface area contributed by atoms with Gasteiger partial charge in [0.15, 0.2) is 0 Å². The Bertz CT molecular complexity index is 426. The number of aromatic nitrogens is 1. The highest BCUT2D eigenvalue weighted by Gasteiger charge is 2.34. The van der Waals surface area contributed by atoms with E-state index in [4.69, 9.17) is 0 Å². The molecule has 1 aromatic rings. The number of likely N-dealkylation sites (N-methyl/N-ethyl adjacent to an activating group) is 1. The SMILES string of the molecule is CCN1C(=O)C(=O)c2cc(C)ncc21. The van der Waals surface area contributed by atoms with E-state index in [1.165, 1.54) is 4.90 Å². The van der Waals surface area contributed by atoms with Crippen LogP contribution in [-0.2, 0) is 4.79 Å². The van der Waals surface area contributed by atoms with Gasteiger partial charge in [0.2, 0.25) is 0 Å². The van der Waals surface area contributed by atoms with Crippen molar-refractivity contribution in [3.8, 4) is 0 Å². The molecule has 0 unspecified atom stereocenters. The first-order chi connectivity index (χ1) is 6.65. The maximum Gasteiger partial charge on any atom is 0.299 e. The highest BCUT2D eigenvalue weighted by atomic mass is 16.2. The van der Waals surface area contributed by atoms with Gasteiger partial charge in [0, 0.05) is 12.2 Å². The van der Waals surface area contributed by atoms with Crippen LogP contribution in [0.2, 0.25) is 0 Å². The van der Waals surface area contributed by atoms with Gasteiger partial charge in [0.1, 0.15) is 0 Å². The molecule has 4 heteroatoms. The van der Waals surface area contributed by atoms with E-state index in [9.17, 15) is 9.59 Å². The van der Waals surface area contributed by atoms with E-state index in [1.807, 2.05) is 6.92 Å². The molecule has 72 valence electrons. The summed E-state index contributed by atoms with van der Waals surface area (Å²) in [6.45, 7) is 4.13. The number of nitrogens with zero attached hydrogens (tertiary/aromatic N) is 2. The molecule has 2 heterocycles. The number of hydrogen-bond donors (Lipinski definition) is 0. The molecule has 4 nitrogen and oxygen atoms in total. The Labute approximate surface area is 81.6 Å². The minimum Gasteiger partial charge on any atom is -0.304 e. The number of carbonyl (C=O) groups is 2. The molecule has 14 heavy (non-hydrogen) atoms. The molecular weight excluding hydrogens is 180 g/mol. The fraction of sp³-hybridized carbons (Fsp3) is 0.300. The molecule has 0 aromatic carbocycles. The van der Waals surface area contributed by atoms with Crippen LogP contribution < -0.4 is 4.90 Å². The number of hydrogen-bond acceptors (Lipinski definition) is 3. The first kappa shape index (κ1) is 8.87. The largest absolute Gasteiger partial charge is 0.304 e. The lowest BCUT2D eigenvalue weighted by Crippen LogP contribution is -2.29. The zero-order valence-electron chi connectivity index (χ0n) is 8.07. The third-order valence-corrected chi connectivity index (χ3v) is 2.31. The van der Waals surface area contributed by atoms with Gasteiger partial charge in [-0.1, -0.05) is 0 Å². The lowest BCUT2D eigenvalue weighted by atomic mass is 10.2. The van der Waals surface area contributed by atoms with E-state index >= 15 is 0 Å². The second-order valence-corrected chi connectivity index (χ2v) is 3.22. The molecule has 0 saturated carbocycles. The molecule has 1 aromatic heterocycles. The van der Waals surface area contributed by atoms with Crippen molar-refractivity contribution in [1.82, 2.24) is 4.98 Å². The van der Waals surface area contributed by atoms with Gasteiger partial charge in [-0.2, -0.15) is 0 Å². The molecule has 0 saturated heterocycles. The molecule has 0 radical (unpaired) electrons. The van der Waals surface area contributed by atoms with E-state index in [0.717, 1.165) is 5.69 Å². The molecule has 0 spiro atoms. The third kappa shape index (κ3) is 1.04. The first-order valence-electron chi connectivity index (χ1n) is 4.48. The molecule has 0 fully saturated rings. The van der Waals surface area contributed by atoms with Gasteiger partial charge in [0.05, 0.1) is 17.4 Å². The summed E-state index contributed by atoms with van der Waals surface area (Å²) >= 11 is 0. The van der Waals surface area contributed by atoms with Crippen molar-refractivity contribution in [3.63, 3.8) is 0 Å². The van der Waals surface area contributed by atoms with Crippen LogP contribution in [-0.4, -0.2) is 23.2 Å². The number of amides is 1. The number of pyridine rings is 1. The number of fused-ring (bicyclic) bond motifs is 1. The molecular formula is C10H10N2O2. The number of carbonyl (C=O) groups excluding carboxylic acids is 2. The fourth-order valence-corrected chi connectivity index (χ4v) is 1.61. The highest BCUT2D eigenvalue weighted by molar-refractivity contribution is 6.52. The van der Waals surface area contributed by atoms with E-state index in [0.29, 0.717) is 17.8 Å². The number of anilines is 1. The molecule has 2 rings (SSSR count). The van der Waals surface area contributed by atoms with Gasteiger partial charge in [-0.25, -0.2) is 0 Å². The van der Waals surface area contributed by atoms with E-state index in [-0.39, 0.29) is 0 Å². The second-order valence-electron chi connectivity index (χ2n) is 3.22. The predicted molar refractivity (Wildman–Crippen MR) is 51.3 cm³/mol. The van der Waals surface area contributed by atoms with Crippen LogP contribution in [0.4, 0.5) is 5.69 Å². The summed E-state index contributed by atoms with van der Waals surface area (Å²) in [6.07, 6.45) is 1.58. The maximum atomic E-state index is 11.5. The van der Waals surface area contributed by atoms with Crippen molar-refractivity contribution in [1.29, 1.82) is 0 Å². The van der Waals surface area contributed by atoms with E-state index in [1.54, 1.807) is 19.2 Å². The Kier molecular flexibility index (Phi) is 1.84. The van der Waals surface area contributed by atoms with Crippen LogP contribution >= 0.6 is 0 Å². The van der Waals surface area contributed by atoms with Crippen molar-refractivity contribution >= 4 is 17.4 Å². The van der Waals surface area contributed by atoms with Crippen molar-refractivity contribution in [2.75, 3.05) is 11.4 Å². The summed E-state index contributed by atoms with van der Waals surface area (Å²) in [5.41, 5.74) is 1.86. The summed E-state index contributed by atoms with van der Waals surface area (Å²) in [4.78, 5) is 28.5. The quantitative estimate of drug-likeness (QED) is 0.619. The Morgan fingerprint density at radius 3 is 2.79 bits per heavy atom. The topological polar surface area (TPSA) is 50.3 Å². The average Bonchev–Trinajstić information content (AvgIpc) is 2.41. The van der Waals surface area contributed by atoms with Crippen molar-refractivity contribution < 1.29 is 9.59 Å². The number of Topliss-reactive ketones (excluding diaryl/α,β-unsaturated/α-hetero) is 1. The predicted octanol–water partition coefficient (Wildman–Crippen LogP) is 0.939. The molecule has 0 aliphatic carbocycles. The van der Waals surface area contributed by atoms with Gasteiger partial charge < -0.3 is 4.90 Å². The smallest absolute Gasteiger partial charge is 0.299 e. The number of ketones is 1. The number of rotatable bonds is 1. The third-order valence-electron chi connectivity index (χ3n) is 2.31. The maximum absolute atomic E-state index is 11.5. The number of aryl methyl sites for hydroxylation is 1. The summed E-state index contributed by atoms with van der Waals surface area (Å²) in [6, 6.07) is 1.66. The van der Waals surface area contributed by atoms with Crippen molar-refractivity contribution in [3.05, 3.63) is 23.5 Å². The highest BCUT2D eigenvalue weighted by Crippen LogP contribution is 2.27.